The number of benzene rings is 1. The molecule has 0 spiro atoms. The summed E-state index contributed by atoms with van der Waals surface area (Å²) in [5.41, 5.74) is 7.87. The van der Waals surface area contributed by atoms with Gasteiger partial charge in [0.1, 0.15) is 6.04 Å². The predicted octanol–water partition coefficient (Wildman–Crippen LogP) is 1.04. The molecule has 1 aliphatic carbocycles. The lowest BCUT2D eigenvalue weighted by Gasteiger charge is -2.36. The number of hydrogen-bond acceptors (Lipinski definition) is 6. The second kappa shape index (κ2) is 9.96. The molecule has 35 heavy (non-hydrogen) atoms. The fraction of sp³-hybridized carbons (Fsp3) is 0.615. The van der Waals surface area contributed by atoms with E-state index in [0.717, 1.165) is 24.8 Å². The van der Waals surface area contributed by atoms with Crippen LogP contribution < -0.4 is 5.73 Å². The zero-order valence-electron chi connectivity index (χ0n) is 21.1. The third-order valence-corrected chi connectivity index (χ3v) is 7.70. The standard InChI is InChI=1S/C26H36N6O3/c1-5-18-10-22(18)32(16(2)12-27)25(34)21(28)15-30-14-20-11-23(30)26(35)31(20)13-17-7-6-8-19(9-17)24(33)29(3)4/h6-9,16,18,20-23H,5,10-11,13-15,28H2,1-4H3/t16?,18?,20-,21?,22?,23?/m0/s1. The summed E-state index contributed by atoms with van der Waals surface area (Å²) in [4.78, 5) is 45.8. The number of nitriles is 1. The van der Waals surface area contributed by atoms with Gasteiger partial charge >= 0.3 is 0 Å². The normalized spacial score (nSPS) is 26.9. The molecule has 0 radical (unpaired) electrons. The van der Waals surface area contributed by atoms with Crippen LogP contribution >= 0.6 is 0 Å². The monoisotopic (exact) mass is 480 g/mol. The van der Waals surface area contributed by atoms with Crippen molar-refractivity contribution >= 4 is 17.7 Å². The Hall–Kier alpha value is -2.96. The van der Waals surface area contributed by atoms with Crippen LogP contribution in [0.2, 0.25) is 0 Å². The van der Waals surface area contributed by atoms with E-state index < -0.39 is 12.1 Å². The SMILES string of the molecule is CCC1CC1N(C(=O)C(N)CN1C[C@@H]2CC1C(=O)N2Cc1cccc(C(=O)N(C)C)c1)C(C)C#N. The first-order valence-corrected chi connectivity index (χ1v) is 12.5. The first-order chi connectivity index (χ1) is 16.7. The van der Waals surface area contributed by atoms with Gasteiger partial charge in [0.15, 0.2) is 0 Å². The minimum Gasteiger partial charge on any atom is -0.345 e. The molecular weight excluding hydrogens is 444 g/mol. The van der Waals surface area contributed by atoms with Crippen molar-refractivity contribution in [3.63, 3.8) is 0 Å². The fourth-order valence-corrected chi connectivity index (χ4v) is 5.64. The molecule has 3 aliphatic rings. The van der Waals surface area contributed by atoms with Crippen LogP contribution in [0.15, 0.2) is 24.3 Å². The molecule has 0 aromatic heterocycles. The van der Waals surface area contributed by atoms with Gasteiger partial charge in [-0.05, 0) is 43.4 Å². The average Bonchev–Trinajstić information content (AvgIpc) is 3.41. The van der Waals surface area contributed by atoms with Gasteiger partial charge in [-0.3, -0.25) is 19.3 Å². The molecular formula is C26H36N6O3. The van der Waals surface area contributed by atoms with Crippen molar-refractivity contribution < 1.29 is 14.4 Å². The van der Waals surface area contributed by atoms with E-state index in [1.807, 2.05) is 28.0 Å². The van der Waals surface area contributed by atoms with E-state index in [9.17, 15) is 19.6 Å². The molecule has 5 unspecified atom stereocenters. The highest BCUT2D eigenvalue weighted by molar-refractivity contribution is 5.94. The van der Waals surface area contributed by atoms with E-state index in [-0.39, 0.29) is 35.8 Å². The third-order valence-electron chi connectivity index (χ3n) is 7.70. The first-order valence-electron chi connectivity index (χ1n) is 12.5. The Morgan fingerprint density at radius 2 is 2.03 bits per heavy atom. The second-order valence-electron chi connectivity index (χ2n) is 10.4. The Balaban J connectivity index is 1.37. The Kier molecular flexibility index (Phi) is 7.15. The molecule has 2 saturated heterocycles. The summed E-state index contributed by atoms with van der Waals surface area (Å²) in [5, 5.41) is 9.43. The molecule has 9 nitrogen and oxygen atoms in total. The summed E-state index contributed by atoms with van der Waals surface area (Å²) in [6, 6.07) is 8.19. The van der Waals surface area contributed by atoms with E-state index in [1.165, 1.54) is 4.90 Å². The van der Waals surface area contributed by atoms with E-state index in [0.29, 0.717) is 31.1 Å². The quantitative estimate of drug-likeness (QED) is 0.565. The molecule has 9 heteroatoms. The van der Waals surface area contributed by atoms with Gasteiger partial charge in [-0.1, -0.05) is 25.5 Å². The summed E-state index contributed by atoms with van der Waals surface area (Å²) in [7, 11) is 3.43. The lowest BCUT2D eigenvalue weighted by atomic mass is 10.1. The fourth-order valence-electron chi connectivity index (χ4n) is 5.64. The van der Waals surface area contributed by atoms with E-state index in [1.54, 1.807) is 32.0 Å². The number of nitrogens with two attached hydrogens (primary N) is 1. The molecule has 1 aromatic rings. The molecule has 2 aliphatic heterocycles. The van der Waals surface area contributed by atoms with Crippen LogP contribution in [0.3, 0.4) is 0 Å². The highest BCUT2D eigenvalue weighted by Gasteiger charge is 2.51. The van der Waals surface area contributed by atoms with Crippen molar-refractivity contribution in [2.45, 2.75) is 69.9 Å². The smallest absolute Gasteiger partial charge is 0.253 e. The lowest BCUT2D eigenvalue weighted by molar-refractivity contribution is -0.140. The number of amides is 3. The Morgan fingerprint density at radius 3 is 2.63 bits per heavy atom. The van der Waals surface area contributed by atoms with Crippen molar-refractivity contribution in [2.75, 3.05) is 27.2 Å². The van der Waals surface area contributed by atoms with Gasteiger partial charge in [-0.2, -0.15) is 5.26 Å². The molecule has 2 N–H and O–H groups in total. The number of hydrogen-bond donors (Lipinski definition) is 1. The number of likely N-dealkylation sites (tertiary alicyclic amines) is 2. The molecule has 3 fully saturated rings. The maximum Gasteiger partial charge on any atom is 0.253 e. The second-order valence-corrected chi connectivity index (χ2v) is 10.4. The van der Waals surface area contributed by atoms with Crippen LogP contribution in [-0.2, 0) is 16.1 Å². The van der Waals surface area contributed by atoms with E-state index in [4.69, 9.17) is 5.73 Å². The van der Waals surface area contributed by atoms with Crippen LogP contribution in [0.5, 0.6) is 0 Å². The van der Waals surface area contributed by atoms with Gasteiger partial charge in [0.2, 0.25) is 11.8 Å². The summed E-state index contributed by atoms with van der Waals surface area (Å²) < 4.78 is 0. The lowest BCUT2D eigenvalue weighted by Crippen LogP contribution is -2.57. The van der Waals surface area contributed by atoms with Crippen molar-refractivity contribution in [2.24, 2.45) is 11.7 Å². The van der Waals surface area contributed by atoms with Crippen LogP contribution in [-0.4, -0.2) is 94.7 Å². The van der Waals surface area contributed by atoms with Crippen LogP contribution in [0, 0.1) is 17.2 Å². The Labute approximate surface area is 207 Å². The van der Waals surface area contributed by atoms with E-state index >= 15 is 0 Å². The van der Waals surface area contributed by atoms with Gasteiger partial charge in [0.25, 0.3) is 5.91 Å². The van der Waals surface area contributed by atoms with Gasteiger partial charge in [0, 0.05) is 51.4 Å². The first kappa shape index (κ1) is 25.1. The topological polar surface area (TPSA) is 114 Å². The maximum atomic E-state index is 13.2. The minimum absolute atomic E-state index is 0.0423. The van der Waals surface area contributed by atoms with Gasteiger partial charge in [0.05, 0.1) is 18.2 Å². The van der Waals surface area contributed by atoms with Crippen LogP contribution in [0.4, 0.5) is 0 Å². The highest BCUT2D eigenvalue weighted by atomic mass is 16.2. The van der Waals surface area contributed by atoms with E-state index in [2.05, 4.69) is 13.0 Å². The molecule has 2 bridgehead atoms. The number of carbonyl (C=O) groups is 3. The average molecular weight is 481 g/mol. The van der Waals surface area contributed by atoms with Gasteiger partial charge in [-0.15, -0.1) is 0 Å². The number of rotatable bonds is 9. The number of nitrogens with zero attached hydrogens (tertiary/aromatic N) is 5. The van der Waals surface area contributed by atoms with Crippen molar-refractivity contribution in [1.29, 1.82) is 5.26 Å². The third kappa shape index (κ3) is 4.91. The Morgan fingerprint density at radius 1 is 1.29 bits per heavy atom. The van der Waals surface area contributed by atoms with Crippen LogP contribution in [0.25, 0.3) is 0 Å². The molecule has 6 atom stereocenters. The maximum absolute atomic E-state index is 13.2. The minimum atomic E-state index is -0.766. The number of carbonyl (C=O) groups excluding carboxylic acids is 3. The summed E-state index contributed by atoms with van der Waals surface area (Å²) >= 11 is 0. The van der Waals surface area contributed by atoms with Gasteiger partial charge in [-0.25, -0.2) is 0 Å². The highest BCUT2D eigenvalue weighted by Crippen LogP contribution is 2.40. The Bertz CT molecular complexity index is 1040. The molecule has 1 aromatic carbocycles. The van der Waals surface area contributed by atoms with Crippen molar-refractivity contribution in [3.8, 4) is 6.07 Å². The molecule has 2 heterocycles. The molecule has 4 rings (SSSR count). The summed E-state index contributed by atoms with van der Waals surface area (Å²) in [6.45, 7) is 5.28. The molecule has 188 valence electrons. The largest absolute Gasteiger partial charge is 0.345 e. The van der Waals surface area contributed by atoms with Crippen molar-refractivity contribution in [1.82, 2.24) is 19.6 Å². The summed E-state index contributed by atoms with van der Waals surface area (Å²) in [5.74, 6) is 0.212. The molecule has 3 amide bonds. The number of piperazine rings is 1. The van der Waals surface area contributed by atoms with Crippen molar-refractivity contribution in [3.05, 3.63) is 35.4 Å². The van der Waals surface area contributed by atoms with Gasteiger partial charge < -0.3 is 20.4 Å². The van der Waals surface area contributed by atoms with Crippen LogP contribution in [0.1, 0.15) is 49.0 Å². The predicted molar refractivity (Wildman–Crippen MR) is 131 cm³/mol. The zero-order valence-corrected chi connectivity index (χ0v) is 21.1. The summed E-state index contributed by atoms with van der Waals surface area (Å²) in [6.07, 6.45) is 2.62. The molecule has 1 saturated carbocycles. The number of fused-ring (bicyclic) bond motifs is 2. The zero-order chi connectivity index (χ0) is 25.4.